The Hall–Kier alpha value is -2.86. The van der Waals surface area contributed by atoms with Crippen LogP contribution in [-0.2, 0) is 27.9 Å². The minimum atomic E-state index is -5.04. The van der Waals surface area contributed by atoms with Crippen molar-refractivity contribution in [2.75, 3.05) is 17.7 Å². The van der Waals surface area contributed by atoms with Gasteiger partial charge in [0.25, 0.3) is 0 Å². The first-order valence-corrected chi connectivity index (χ1v) is 10.3. The number of carbonyl (C=O) groups excluding carboxylic acids is 1. The predicted octanol–water partition coefficient (Wildman–Crippen LogP) is 2.48. The summed E-state index contributed by atoms with van der Waals surface area (Å²) in [5, 5.41) is 0. The van der Waals surface area contributed by atoms with Gasteiger partial charge >= 0.3 is 12.1 Å². The fourth-order valence-corrected chi connectivity index (χ4v) is 3.32. The average molecular weight is 449 g/mol. The normalized spacial score (nSPS) is 11.8. The summed E-state index contributed by atoms with van der Waals surface area (Å²) in [6.07, 6.45) is -4.07. The number of alkyl halides is 3. The summed E-state index contributed by atoms with van der Waals surface area (Å²) in [4.78, 5) is 10.7. The molecule has 7 nitrogen and oxygen atoms in total. The second kappa shape index (κ2) is 9.30. The van der Waals surface area contributed by atoms with Crippen molar-refractivity contribution in [1.82, 2.24) is 10.9 Å². The number of hydrazine groups is 1. The average Bonchev–Trinajstić information content (AvgIpc) is 2.65. The number of nitrogens with one attached hydrogen (secondary N) is 2. The Morgan fingerprint density at radius 3 is 2.43 bits per heavy atom. The summed E-state index contributed by atoms with van der Waals surface area (Å²) in [6, 6.07) is 9.99. The van der Waals surface area contributed by atoms with Gasteiger partial charge in [-0.05, 0) is 23.8 Å². The van der Waals surface area contributed by atoms with E-state index in [4.69, 9.17) is 4.74 Å². The first kappa shape index (κ1) is 23.4. The molecule has 0 heterocycles. The van der Waals surface area contributed by atoms with Crippen LogP contribution in [0.2, 0.25) is 0 Å². The van der Waals surface area contributed by atoms with E-state index >= 15 is 0 Å². The molecule has 1 amide bonds. The number of hydrogen-bond acceptors (Lipinski definition) is 5. The van der Waals surface area contributed by atoms with Gasteiger partial charge in [0.1, 0.15) is 11.6 Å². The highest BCUT2D eigenvalue weighted by Gasteiger charge is 2.38. The van der Waals surface area contributed by atoms with Crippen molar-refractivity contribution in [3.8, 4) is 5.75 Å². The van der Waals surface area contributed by atoms with E-state index in [-0.39, 0.29) is 29.9 Å². The second-order valence-electron chi connectivity index (χ2n) is 6.20. The third-order valence-electron chi connectivity index (χ3n) is 3.92. The lowest BCUT2D eigenvalue weighted by atomic mass is 10.1. The SMILES string of the molecule is COc1cccc(N(Cc2ccc(CNNC(=O)C(F)(F)F)cc2F)S(C)(=O)=O)c1. The van der Waals surface area contributed by atoms with Crippen LogP contribution in [0.5, 0.6) is 5.75 Å². The number of ether oxygens (including phenoxy) is 1. The van der Waals surface area contributed by atoms with Gasteiger partial charge in [-0.2, -0.15) is 13.2 Å². The lowest BCUT2D eigenvalue weighted by Gasteiger charge is -2.23. The third kappa shape index (κ3) is 6.32. The number of halogens is 4. The van der Waals surface area contributed by atoms with Gasteiger partial charge in [0, 0.05) is 18.2 Å². The molecule has 2 rings (SSSR count). The third-order valence-corrected chi connectivity index (χ3v) is 5.07. The highest BCUT2D eigenvalue weighted by molar-refractivity contribution is 7.92. The van der Waals surface area contributed by atoms with Crippen LogP contribution in [0, 0.1) is 5.82 Å². The van der Waals surface area contributed by atoms with Crippen molar-refractivity contribution in [2.45, 2.75) is 19.3 Å². The molecule has 0 aliphatic heterocycles. The molecule has 2 aromatic rings. The molecule has 0 aromatic heterocycles. The van der Waals surface area contributed by atoms with Gasteiger partial charge in [0.2, 0.25) is 10.0 Å². The van der Waals surface area contributed by atoms with Crippen molar-refractivity contribution in [3.05, 3.63) is 59.4 Å². The quantitative estimate of drug-likeness (QED) is 0.478. The van der Waals surface area contributed by atoms with Crippen molar-refractivity contribution in [1.29, 1.82) is 0 Å². The summed E-state index contributed by atoms with van der Waals surface area (Å²) >= 11 is 0. The second-order valence-corrected chi connectivity index (χ2v) is 8.11. The Morgan fingerprint density at radius 1 is 1.17 bits per heavy atom. The van der Waals surface area contributed by atoms with Gasteiger partial charge in [-0.3, -0.25) is 14.5 Å². The molecule has 0 unspecified atom stereocenters. The molecular weight excluding hydrogens is 430 g/mol. The Bertz CT molecular complexity index is 1010. The van der Waals surface area contributed by atoms with Gasteiger partial charge in [0.15, 0.2) is 0 Å². The molecule has 2 N–H and O–H groups in total. The highest BCUT2D eigenvalue weighted by Crippen LogP contribution is 2.26. The van der Waals surface area contributed by atoms with Gasteiger partial charge in [-0.1, -0.05) is 18.2 Å². The van der Waals surface area contributed by atoms with E-state index < -0.39 is 27.9 Å². The number of amides is 1. The molecule has 12 heteroatoms. The van der Waals surface area contributed by atoms with Crippen LogP contribution in [0.15, 0.2) is 42.5 Å². The Labute approximate surface area is 170 Å². The first-order valence-electron chi connectivity index (χ1n) is 8.41. The molecule has 0 bridgehead atoms. The molecule has 0 spiro atoms. The van der Waals surface area contributed by atoms with Crippen LogP contribution in [0.1, 0.15) is 11.1 Å². The number of hydrogen-bond donors (Lipinski definition) is 2. The monoisotopic (exact) mass is 449 g/mol. The minimum absolute atomic E-state index is 0.0475. The standard InChI is InChI=1S/C18H19F4N3O4S/c1-29-15-5-3-4-14(9-15)25(30(2,27)28)11-13-7-6-12(8-16(13)19)10-23-24-17(26)18(20,21)22/h3-9,23H,10-11H2,1-2H3,(H,24,26). The molecule has 0 fully saturated rings. The molecular formula is C18H19F4N3O4S. The summed E-state index contributed by atoms with van der Waals surface area (Å²) in [6.45, 7) is -0.582. The van der Waals surface area contributed by atoms with E-state index in [1.807, 2.05) is 0 Å². The fourth-order valence-electron chi connectivity index (χ4n) is 2.45. The number of nitrogens with zero attached hydrogens (tertiary/aromatic N) is 1. The molecule has 0 radical (unpaired) electrons. The number of sulfonamides is 1. The van der Waals surface area contributed by atoms with Crippen molar-refractivity contribution in [3.63, 3.8) is 0 Å². The van der Waals surface area contributed by atoms with Crippen LogP contribution in [-0.4, -0.2) is 33.9 Å². The van der Waals surface area contributed by atoms with Gasteiger partial charge in [-0.25, -0.2) is 18.2 Å². The number of benzene rings is 2. The number of methoxy groups -OCH3 is 1. The molecule has 30 heavy (non-hydrogen) atoms. The summed E-state index contributed by atoms with van der Waals surface area (Å²) in [7, 11) is -2.34. The zero-order valence-electron chi connectivity index (χ0n) is 16.0. The molecule has 0 saturated heterocycles. The molecule has 0 aliphatic carbocycles. The molecule has 0 atom stereocenters. The molecule has 0 aliphatic rings. The van der Waals surface area contributed by atoms with Crippen LogP contribution in [0.4, 0.5) is 23.2 Å². The van der Waals surface area contributed by atoms with Gasteiger partial charge in [0.05, 0.1) is 25.6 Å². The van der Waals surface area contributed by atoms with E-state index in [0.29, 0.717) is 5.75 Å². The molecule has 2 aromatic carbocycles. The van der Waals surface area contributed by atoms with E-state index in [1.54, 1.807) is 12.1 Å². The van der Waals surface area contributed by atoms with Crippen molar-refractivity contribution >= 4 is 21.6 Å². The summed E-state index contributed by atoms with van der Waals surface area (Å²) < 4.78 is 81.4. The van der Waals surface area contributed by atoms with E-state index in [2.05, 4.69) is 5.43 Å². The number of carbonyl (C=O) groups is 1. The predicted molar refractivity (Wildman–Crippen MR) is 101 cm³/mol. The number of anilines is 1. The maximum atomic E-state index is 14.5. The summed E-state index contributed by atoms with van der Waals surface area (Å²) in [5.41, 5.74) is 4.07. The Morgan fingerprint density at radius 2 is 1.87 bits per heavy atom. The van der Waals surface area contributed by atoms with Crippen molar-refractivity contribution < 1.29 is 35.5 Å². The van der Waals surface area contributed by atoms with Gasteiger partial charge < -0.3 is 4.74 Å². The van der Waals surface area contributed by atoms with E-state index in [0.717, 1.165) is 16.6 Å². The lowest BCUT2D eigenvalue weighted by Crippen LogP contribution is -2.44. The topological polar surface area (TPSA) is 87.7 Å². The minimum Gasteiger partial charge on any atom is -0.497 e. The largest absolute Gasteiger partial charge is 0.497 e. The fraction of sp³-hybridized carbons (Fsp3) is 0.278. The van der Waals surface area contributed by atoms with Crippen molar-refractivity contribution in [2.24, 2.45) is 0 Å². The maximum absolute atomic E-state index is 14.5. The summed E-state index contributed by atoms with van der Waals surface area (Å²) in [5.74, 6) is -2.52. The van der Waals surface area contributed by atoms with Crippen LogP contribution < -0.4 is 19.9 Å². The first-order chi connectivity index (χ1) is 13.9. The number of rotatable bonds is 8. The zero-order chi connectivity index (χ0) is 22.5. The van der Waals surface area contributed by atoms with Gasteiger partial charge in [-0.15, -0.1) is 0 Å². The highest BCUT2D eigenvalue weighted by atomic mass is 32.2. The van der Waals surface area contributed by atoms with E-state index in [9.17, 15) is 30.8 Å². The van der Waals surface area contributed by atoms with Crippen LogP contribution in [0.25, 0.3) is 0 Å². The Balaban J connectivity index is 2.15. The van der Waals surface area contributed by atoms with Crippen LogP contribution >= 0.6 is 0 Å². The molecule has 0 saturated carbocycles. The zero-order valence-corrected chi connectivity index (χ0v) is 16.8. The lowest BCUT2D eigenvalue weighted by molar-refractivity contribution is -0.174. The van der Waals surface area contributed by atoms with E-state index in [1.165, 1.54) is 36.8 Å². The maximum Gasteiger partial charge on any atom is 0.472 e. The molecule has 164 valence electrons. The smallest absolute Gasteiger partial charge is 0.472 e. The van der Waals surface area contributed by atoms with Crippen LogP contribution in [0.3, 0.4) is 0 Å². The Kier molecular flexibility index (Phi) is 7.26.